The molecule has 0 unspecified atom stereocenters. The Morgan fingerprint density at radius 2 is 1.40 bits per heavy atom. The number of rotatable bonds is 6. The second kappa shape index (κ2) is 11.2. The van der Waals surface area contributed by atoms with Crippen molar-refractivity contribution in [3.05, 3.63) is 93.6 Å². The number of carbonyl (C=O) groups is 2. The number of halogens is 7. The first-order valence-electron chi connectivity index (χ1n) is 12.1. The molecule has 0 saturated heterocycles. The van der Waals surface area contributed by atoms with Gasteiger partial charge in [0.2, 0.25) is 0 Å². The van der Waals surface area contributed by atoms with Gasteiger partial charge in [0, 0.05) is 28.4 Å². The van der Waals surface area contributed by atoms with E-state index in [2.05, 4.69) is 20.6 Å². The highest BCUT2D eigenvalue weighted by atomic mass is 32.1. The fourth-order valence-electron chi connectivity index (χ4n) is 4.15. The molecule has 6 nitrogen and oxygen atoms in total. The van der Waals surface area contributed by atoms with Gasteiger partial charge in [-0.1, -0.05) is 42.5 Å². The summed E-state index contributed by atoms with van der Waals surface area (Å²) in [5.41, 5.74) is -6.32. The van der Waals surface area contributed by atoms with Gasteiger partial charge in [0.1, 0.15) is 0 Å². The van der Waals surface area contributed by atoms with Crippen molar-refractivity contribution in [2.24, 2.45) is 0 Å². The summed E-state index contributed by atoms with van der Waals surface area (Å²) in [5.74, 6) is -0.852. The summed E-state index contributed by atoms with van der Waals surface area (Å²) in [7, 11) is 0. The van der Waals surface area contributed by atoms with Crippen molar-refractivity contribution in [1.82, 2.24) is 9.97 Å². The predicted molar refractivity (Wildman–Crippen MR) is 143 cm³/mol. The lowest BCUT2D eigenvalue weighted by atomic mass is 9.90. The molecule has 0 aliphatic heterocycles. The van der Waals surface area contributed by atoms with E-state index < -0.39 is 35.4 Å². The van der Waals surface area contributed by atoms with Crippen molar-refractivity contribution >= 4 is 33.8 Å². The van der Waals surface area contributed by atoms with Crippen molar-refractivity contribution in [3.8, 4) is 11.4 Å². The van der Waals surface area contributed by atoms with Gasteiger partial charge in [0.25, 0.3) is 11.8 Å². The molecule has 4 aromatic rings. The van der Waals surface area contributed by atoms with Gasteiger partial charge >= 0.3 is 18.0 Å². The molecule has 2 N–H and O–H groups in total. The highest BCUT2D eigenvalue weighted by Gasteiger charge is 2.73. The smallest absolute Gasteiger partial charge is 0.321 e. The Bertz CT molecular complexity index is 1610. The fourth-order valence-corrected chi connectivity index (χ4v) is 4.93. The van der Waals surface area contributed by atoms with Gasteiger partial charge in [0.05, 0.1) is 21.8 Å². The summed E-state index contributed by atoms with van der Waals surface area (Å²) < 4.78 is 93.7. The van der Waals surface area contributed by atoms with Crippen molar-refractivity contribution < 1.29 is 40.3 Å². The highest BCUT2D eigenvalue weighted by molar-refractivity contribution is 7.14. The number of benzene rings is 2. The molecular weight excluding hydrogens is 589 g/mol. The number of aromatic nitrogens is 2. The SMILES string of the molecule is Cc1cc(C(F)(C(F)(F)F)C(F)(F)F)cc(C)c1NC(=O)c1csc(NC(=O)c2cnc(-c3ccccc3)nc2C)c1. The van der Waals surface area contributed by atoms with E-state index in [-0.39, 0.29) is 32.9 Å². The zero-order valence-corrected chi connectivity index (χ0v) is 22.9. The predicted octanol–water partition coefficient (Wildman–Crippen LogP) is 7.92. The molecule has 4 rings (SSSR count). The second-order valence-electron chi connectivity index (χ2n) is 9.31. The standard InChI is InChI=1S/C28H21F7N4O2S/c1-14-9-19(26(29,27(30,31)32)28(33,34)35)10-15(2)22(14)39-24(40)18-11-21(42-13-18)38-25(41)20-12-36-23(37-16(20)3)17-7-5-4-6-8-17/h4-13H,1-3H3,(H,38,41)(H,39,40). The van der Waals surface area contributed by atoms with E-state index in [4.69, 9.17) is 0 Å². The lowest BCUT2D eigenvalue weighted by Crippen LogP contribution is -2.50. The van der Waals surface area contributed by atoms with Crippen molar-refractivity contribution in [1.29, 1.82) is 0 Å². The maximum Gasteiger partial charge on any atom is 0.435 e. The number of hydrogen-bond donors (Lipinski definition) is 2. The van der Waals surface area contributed by atoms with Crippen LogP contribution in [0.3, 0.4) is 0 Å². The van der Waals surface area contributed by atoms with Gasteiger partial charge in [-0.25, -0.2) is 14.4 Å². The number of amides is 2. The molecule has 0 spiro atoms. The van der Waals surface area contributed by atoms with Gasteiger partial charge in [0.15, 0.2) is 5.82 Å². The minimum atomic E-state index is -6.26. The van der Waals surface area contributed by atoms with Crippen molar-refractivity contribution in [3.63, 3.8) is 0 Å². The molecule has 2 heterocycles. The van der Waals surface area contributed by atoms with Crippen LogP contribution in [0.5, 0.6) is 0 Å². The average Bonchev–Trinajstić information content (AvgIpc) is 3.37. The fraction of sp³-hybridized carbons (Fsp3) is 0.214. The highest BCUT2D eigenvalue weighted by Crippen LogP contribution is 2.53. The van der Waals surface area contributed by atoms with E-state index in [1.165, 1.54) is 17.6 Å². The maximum atomic E-state index is 14.5. The first-order chi connectivity index (χ1) is 19.5. The first kappa shape index (κ1) is 30.6. The molecule has 2 aromatic carbocycles. The molecule has 2 aromatic heterocycles. The monoisotopic (exact) mass is 610 g/mol. The Labute approximate surface area is 238 Å². The zero-order chi connectivity index (χ0) is 31.0. The average molecular weight is 611 g/mol. The van der Waals surface area contributed by atoms with E-state index >= 15 is 0 Å². The summed E-state index contributed by atoms with van der Waals surface area (Å²) in [6, 6.07) is 11.3. The number of aryl methyl sites for hydroxylation is 3. The molecule has 2 amide bonds. The molecule has 42 heavy (non-hydrogen) atoms. The molecule has 0 fully saturated rings. The van der Waals surface area contributed by atoms with Gasteiger partial charge in [-0.15, -0.1) is 11.3 Å². The van der Waals surface area contributed by atoms with Crippen LogP contribution < -0.4 is 10.6 Å². The maximum absolute atomic E-state index is 14.5. The van der Waals surface area contributed by atoms with Gasteiger partial charge < -0.3 is 10.6 Å². The molecule has 0 aliphatic rings. The van der Waals surface area contributed by atoms with E-state index in [9.17, 15) is 40.3 Å². The third-order valence-corrected chi connectivity index (χ3v) is 7.15. The van der Waals surface area contributed by atoms with Crippen molar-refractivity contribution in [2.45, 2.75) is 38.8 Å². The van der Waals surface area contributed by atoms with Crippen LogP contribution in [0.25, 0.3) is 11.4 Å². The number of nitrogens with one attached hydrogen (secondary N) is 2. The van der Waals surface area contributed by atoms with Crippen LogP contribution in [0.4, 0.5) is 41.4 Å². The Hall–Kier alpha value is -4.33. The topological polar surface area (TPSA) is 84.0 Å². The summed E-state index contributed by atoms with van der Waals surface area (Å²) in [5, 5.41) is 6.74. The van der Waals surface area contributed by atoms with Crippen LogP contribution >= 0.6 is 11.3 Å². The zero-order valence-electron chi connectivity index (χ0n) is 22.0. The summed E-state index contributed by atoms with van der Waals surface area (Å²) in [6.07, 6.45) is -11.2. The van der Waals surface area contributed by atoms with Crippen LogP contribution in [-0.4, -0.2) is 34.1 Å². The molecule has 14 heteroatoms. The quantitative estimate of drug-likeness (QED) is 0.217. The molecule has 0 saturated carbocycles. The summed E-state index contributed by atoms with van der Waals surface area (Å²) in [6.45, 7) is 3.93. The Morgan fingerprint density at radius 3 is 1.95 bits per heavy atom. The lowest BCUT2D eigenvalue weighted by molar-refractivity contribution is -0.348. The number of nitrogens with zero attached hydrogens (tertiary/aromatic N) is 2. The number of thiophene rings is 1. The number of carbonyl (C=O) groups excluding carboxylic acids is 2. The van der Waals surface area contributed by atoms with Crippen LogP contribution in [0, 0.1) is 20.8 Å². The minimum absolute atomic E-state index is 0.0518. The number of hydrogen-bond acceptors (Lipinski definition) is 5. The Morgan fingerprint density at radius 1 is 0.810 bits per heavy atom. The van der Waals surface area contributed by atoms with E-state index in [0.717, 1.165) is 30.7 Å². The Balaban J connectivity index is 1.50. The lowest BCUT2D eigenvalue weighted by Gasteiger charge is -2.31. The second-order valence-corrected chi connectivity index (χ2v) is 10.2. The summed E-state index contributed by atoms with van der Waals surface area (Å²) >= 11 is 1.00. The van der Waals surface area contributed by atoms with Crippen LogP contribution in [0.2, 0.25) is 0 Å². The number of anilines is 2. The van der Waals surface area contributed by atoms with Gasteiger partial charge in [-0.3, -0.25) is 9.59 Å². The van der Waals surface area contributed by atoms with E-state index in [1.54, 1.807) is 6.92 Å². The summed E-state index contributed by atoms with van der Waals surface area (Å²) in [4.78, 5) is 34.3. The molecular formula is C28H21F7N4O2S. The van der Waals surface area contributed by atoms with Crippen molar-refractivity contribution in [2.75, 3.05) is 10.6 Å². The van der Waals surface area contributed by atoms with Gasteiger partial charge in [-0.2, -0.15) is 26.3 Å². The van der Waals surface area contributed by atoms with Gasteiger partial charge in [-0.05, 0) is 38.0 Å². The minimum Gasteiger partial charge on any atom is -0.321 e. The molecule has 0 bridgehead atoms. The van der Waals surface area contributed by atoms with E-state index in [1.807, 2.05) is 30.3 Å². The molecule has 0 aliphatic carbocycles. The third-order valence-electron chi connectivity index (χ3n) is 6.30. The van der Waals surface area contributed by atoms with E-state index in [0.29, 0.717) is 23.7 Å². The van der Waals surface area contributed by atoms with Crippen LogP contribution in [-0.2, 0) is 5.67 Å². The largest absolute Gasteiger partial charge is 0.435 e. The van der Waals surface area contributed by atoms with Crippen LogP contribution in [0.15, 0.2) is 60.1 Å². The Kier molecular flexibility index (Phi) is 8.13. The molecule has 0 radical (unpaired) electrons. The normalized spacial score (nSPS) is 12.2. The molecule has 0 atom stereocenters. The third kappa shape index (κ3) is 5.84. The van der Waals surface area contributed by atoms with Crippen LogP contribution in [0.1, 0.15) is 43.1 Å². The first-order valence-corrected chi connectivity index (χ1v) is 12.9. The number of alkyl halides is 7. The molecule has 220 valence electrons.